The van der Waals surface area contributed by atoms with E-state index in [0.29, 0.717) is 0 Å². The molecule has 0 bridgehead atoms. The minimum atomic E-state index is 1.05. The molecule has 2 rings (SSSR count). The molecule has 2 aromatic rings. The Kier molecular flexibility index (Phi) is 2.73. The second-order valence-corrected chi connectivity index (χ2v) is 4.78. The summed E-state index contributed by atoms with van der Waals surface area (Å²) in [6.07, 6.45) is 1.94. The summed E-state index contributed by atoms with van der Waals surface area (Å²) in [5.41, 5.74) is 2.53. The molecule has 0 aliphatic rings. The molecule has 0 atom stereocenters. The molecule has 78 valence electrons. The molecule has 1 aromatic carbocycles. The largest absolute Gasteiger partial charge is 0.354 e. The second-order valence-electron chi connectivity index (χ2n) is 3.77. The Bertz CT molecular complexity index is 443. The van der Waals surface area contributed by atoms with Crippen molar-refractivity contribution in [2.45, 2.75) is 6.92 Å². The van der Waals surface area contributed by atoms with E-state index in [-0.39, 0.29) is 0 Å². The summed E-state index contributed by atoms with van der Waals surface area (Å²) in [5.74, 6) is 0. The Morgan fingerprint density at radius 3 is 2.33 bits per heavy atom. The average Bonchev–Trinajstić information content (AvgIpc) is 2.68. The van der Waals surface area contributed by atoms with E-state index >= 15 is 0 Å². The fourth-order valence-corrected chi connectivity index (χ4v) is 2.17. The fraction of sp³-hybridized carbons (Fsp3) is 0.250. The number of aryl methyl sites for hydroxylation is 1. The highest BCUT2D eigenvalue weighted by Crippen LogP contribution is 2.29. The molecule has 1 heterocycles. The standard InChI is InChI=1S/C12H14N2S/c1-9-4-6-10(7-5-9)11-8-13-12(15-11)14(2)3/h4-8H,1-3H3. The van der Waals surface area contributed by atoms with Gasteiger partial charge >= 0.3 is 0 Å². The molecule has 0 unspecified atom stereocenters. The van der Waals surface area contributed by atoms with Gasteiger partial charge in [0.25, 0.3) is 0 Å². The lowest BCUT2D eigenvalue weighted by Crippen LogP contribution is -2.07. The molecule has 0 N–H and O–H groups in total. The zero-order valence-electron chi connectivity index (χ0n) is 9.19. The summed E-state index contributed by atoms with van der Waals surface area (Å²) < 4.78 is 0. The molecule has 0 radical (unpaired) electrons. The van der Waals surface area contributed by atoms with Crippen molar-refractivity contribution < 1.29 is 0 Å². The van der Waals surface area contributed by atoms with E-state index in [4.69, 9.17) is 0 Å². The molecule has 0 amide bonds. The lowest BCUT2D eigenvalue weighted by Gasteiger charge is -2.05. The third-order valence-electron chi connectivity index (χ3n) is 2.21. The Morgan fingerprint density at radius 1 is 1.13 bits per heavy atom. The fourth-order valence-electron chi connectivity index (χ4n) is 1.32. The van der Waals surface area contributed by atoms with Crippen LogP contribution in [0, 0.1) is 6.92 Å². The minimum absolute atomic E-state index is 1.05. The van der Waals surface area contributed by atoms with E-state index in [9.17, 15) is 0 Å². The zero-order chi connectivity index (χ0) is 10.8. The van der Waals surface area contributed by atoms with Gasteiger partial charge in [-0.05, 0) is 12.5 Å². The van der Waals surface area contributed by atoms with Crippen LogP contribution in [0.1, 0.15) is 5.56 Å². The molecule has 0 saturated heterocycles. The van der Waals surface area contributed by atoms with Gasteiger partial charge in [0.15, 0.2) is 5.13 Å². The van der Waals surface area contributed by atoms with Crippen LogP contribution in [0.5, 0.6) is 0 Å². The Hall–Kier alpha value is -1.35. The van der Waals surface area contributed by atoms with Gasteiger partial charge in [-0.2, -0.15) is 0 Å². The predicted molar refractivity (Wildman–Crippen MR) is 66.6 cm³/mol. The summed E-state index contributed by atoms with van der Waals surface area (Å²) in [6.45, 7) is 2.10. The maximum Gasteiger partial charge on any atom is 0.185 e. The van der Waals surface area contributed by atoms with Crippen LogP contribution in [0.25, 0.3) is 10.4 Å². The lowest BCUT2D eigenvalue weighted by molar-refractivity contribution is 1.11. The summed E-state index contributed by atoms with van der Waals surface area (Å²) in [5, 5.41) is 1.05. The summed E-state index contributed by atoms with van der Waals surface area (Å²) >= 11 is 1.71. The minimum Gasteiger partial charge on any atom is -0.354 e. The van der Waals surface area contributed by atoms with Gasteiger partial charge in [0.05, 0.1) is 4.88 Å². The smallest absolute Gasteiger partial charge is 0.185 e. The van der Waals surface area contributed by atoms with E-state index in [2.05, 4.69) is 36.2 Å². The van der Waals surface area contributed by atoms with Crippen molar-refractivity contribution in [3.8, 4) is 10.4 Å². The normalized spacial score (nSPS) is 10.3. The number of thiazole rings is 1. The molecule has 0 aliphatic carbocycles. The Balaban J connectivity index is 2.33. The first-order chi connectivity index (χ1) is 7.16. The number of aromatic nitrogens is 1. The second kappa shape index (κ2) is 4.03. The summed E-state index contributed by atoms with van der Waals surface area (Å²) in [7, 11) is 4.02. The monoisotopic (exact) mass is 218 g/mol. The van der Waals surface area contributed by atoms with Gasteiger partial charge in [0.1, 0.15) is 0 Å². The molecule has 3 heteroatoms. The first-order valence-electron chi connectivity index (χ1n) is 4.87. The van der Waals surface area contributed by atoms with Crippen molar-refractivity contribution in [3.05, 3.63) is 36.0 Å². The van der Waals surface area contributed by atoms with Crippen molar-refractivity contribution in [1.29, 1.82) is 0 Å². The maximum absolute atomic E-state index is 4.36. The molecule has 0 fully saturated rings. The van der Waals surface area contributed by atoms with Crippen LogP contribution in [0.3, 0.4) is 0 Å². The topological polar surface area (TPSA) is 16.1 Å². The predicted octanol–water partition coefficient (Wildman–Crippen LogP) is 3.18. The summed E-state index contributed by atoms with van der Waals surface area (Å²) in [4.78, 5) is 7.61. The van der Waals surface area contributed by atoms with Crippen LogP contribution in [-0.4, -0.2) is 19.1 Å². The zero-order valence-corrected chi connectivity index (χ0v) is 10.0. The third kappa shape index (κ3) is 2.18. The first-order valence-corrected chi connectivity index (χ1v) is 5.68. The van der Waals surface area contributed by atoms with Gasteiger partial charge in [-0.1, -0.05) is 41.2 Å². The quantitative estimate of drug-likeness (QED) is 0.769. The highest BCUT2D eigenvalue weighted by molar-refractivity contribution is 7.18. The van der Waals surface area contributed by atoms with Crippen LogP contribution in [0.2, 0.25) is 0 Å². The molecule has 2 nitrogen and oxygen atoms in total. The molecule has 0 saturated carbocycles. The molecule has 0 aliphatic heterocycles. The van der Waals surface area contributed by atoms with Gasteiger partial charge in [0, 0.05) is 20.3 Å². The van der Waals surface area contributed by atoms with Crippen LogP contribution >= 0.6 is 11.3 Å². The summed E-state index contributed by atoms with van der Waals surface area (Å²) in [6, 6.07) is 8.54. The number of hydrogen-bond acceptors (Lipinski definition) is 3. The molecule has 1 aromatic heterocycles. The maximum atomic E-state index is 4.36. The number of nitrogens with zero attached hydrogens (tertiary/aromatic N) is 2. The van der Waals surface area contributed by atoms with Crippen LogP contribution in [-0.2, 0) is 0 Å². The lowest BCUT2D eigenvalue weighted by atomic mass is 10.1. The van der Waals surface area contributed by atoms with Crippen molar-refractivity contribution in [2.24, 2.45) is 0 Å². The third-order valence-corrected chi connectivity index (χ3v) is 3.43. The van der Waals surface area contributed by atoms with Gasteiger partial charge in [-0.25, -0.2) is 4.98 Å². The van der Waals surface area contributed by atoms with Crippen molar-refractivity contribution >= 4 is 16.5 Å². The number of hydrogen-bond donors (Lipinski definition) is 0. The molecule has 15 heavy (non-hydrogen) atoms. The van der Waals surface area contributed by atoms with Crippen molar-refractivity contribution in [1.82, 2.24) is 4.98 Å². The molecular formula is C12H14N2S. The number of rotatable bonds is 2. The van der Waals surface area contributed by atoms with Gasteiger partial charge in [-0.3, -0.25) is 0 Å². The van der Waals surface area contributed by atoms with Crippen molar-refractivity contribution in [3.63, 3.8) is 0 Å². The molecular weight excluding hydrogens is 204 g/mol. The van der Waals surface area contributed by atoms with E-state index < -0.39 is 0 Å². The van der Waals surface area contributed by atoms with Gasteiger partial charge in [0.2, 0.25) is 0 Å². The first kappa shape index (κ1) is 10.2. The highest BCUT2D eigenvalue weighted by atomic mass is 32.1. The van der Waals surface area contributed by atoms with Crippen LogP contribution in [0.15, 0.2) is 30.5 Å². The van der Waals surface area contributed by atoms with Crippen LogP contribution < -0.4 is 4.90 Å². The van der Waals surface area contributed by atoms with Crippen LogP contribution in [0.4, 0.5) is 5.13 Å². The Labute approximate surface area is 94.2 Å². The van der Waals surface area contributed by atoms with Crippen molar-refractivity contribution in [2.75, 3.05) is 19.0 Å². The van der Waals surface area contributed by atoms with E-state index in [1.807, 2.05) is 25.2 Å². The van der Waals surface area contributed by atoms with E-state index in [0.717, 1.165) is 5.13 Å². The van der Waals surface area contributed by atoms with Gasteiger partial charge < -0.3 is 4.90 Å². The van der Waals surface area contributed by atoms with Gasteiger partial charge in [-0.15, -0.1) is 0 Å². The average molecular weight is 218 g/mol. The SMILES string of the molecule is Cc1ccc(-c2cnc(N(C)C)s2)cc1. The van der Waals surface area contributed by atoms with E-state index in [1.165, 1.54) is 16.0 Å². The number of anilines is 1. The van der Waals surface area contributed by atoms with E-state index in [1.54, 1.807) is 11.3 Å². The highest BCUT2D eigenvalue weighted by Gasteiger charge is 2.04. The Morgan fingerprint density at radius 2 is 1.80 bits per heavy atom. The molecule has 0 spiro atoms. The number of benzene rings is 1.